The third-order valence-corrected chi connectivity index (χ3v) is 9.06. The predicted molar refractivity (Wildman–Crippen MR) is 203 cm³/mol. The standard InChI is InChI=1S/C42H80N2O/c1-5-7-9-11-13-15-17-19-21-23-25-27-29-31-33-35-37-41(40-43-42(45)38-39-44(3)4)36-34-32-30-28-26-24-22-20-18-16-14-12-10-8-6-2/h13,15,18-21,41H,5-12,14,16-17,22-40H2,1-4H3,(H,43,45)/b15-13-,20-18-,21-19-. The summed E-state index contributed by atoms with van der Waals surface area (Å²) in [4.78, 5) is 14.4. The maximum atomic E-state index is 12.3. The molecular weight excluding hydrogens is 548 g/mol. The van der Waals surface area contributed by atoms with Crippen molar-refractivity contribution in [1.29, 1.82) is 0 Å². The van der Waals surface area contributed by atoms with E-state index >= 15 is 0 Å². The summed E-state index contributed by atoms with van der Waals surface area (Å²) in [6.45, 7) is 6.25. The topological polar surface area (TPSA) is 32.3 Å². The first-order chi connectivity index (χ1) is 22.1. The summed E-state index contributed by atoms with van der Waals surface area (Å²) < 4.78 is 0. The molecule has 0 rings (SSSR count). The molecule has 0 spiro atoms. The van der Waals surface area contributed by atoms with Gasteiger partial charge in [-0.2, -0.15) is 0 Å². The van der Waals surface area contributed by atoms with Crippen molar-refractivity contribution in [3.05, 3.63) is 36.5 Å². The van der Waals surface area contributed by atoms with Gasteiger partial charge in [-0.15, -0.1) is 0 Å². The molecular formula is C42H80N2O. The number of hydrogen-bond donors (Lipinski definition) is 1. The highest BCUT2D eigenvalue weighted by Crippen LogP contribution is 2.19. The largest absolute Gasteiger partial charge is 0.356 e. The molecule has 0 aliphatic carbocycles. The molecule has 0 aromatic rings. The smallest absolute Gasteiger partial charge is 0.221 e. The van der Waals surface area contributed by atoms with Gasteiger partial charge >= 0.3 is 0 Å². The van der Waals surface area contributed by atoms with Crippen LogP contribution in [0.1, 0.15) is 194 Å². The zero-order valence-corrected chi connectivity index (χ0v) is 31.1. The van der Waals surface area contributed by atoms with Crippen LogP contribution in [0, 0.1) is 5.92 Å². The Hall–Kier alpha value is -1.35. The van der Waals surface area contributed by atoms with E-state index in [1.165, 1.54) is 167 Å². The van der Waals surface area contributed by atoms with Gasteiger partial charge in [-0.3, -0.25) is 4.79 Å². The molecule has 0 saturated carbocycles. The van der Waals surface area contributed by atoms with Gasteiger partial charge in [-0.1, -0.05) is 153 Å². The third-order valence-electron chi connectivity index (χ3n) is 9.06. The van der Waals surface area contributed by atoms with Gasteiger partial charge in [0, 0.05) is 19.5 Å². The molecule has 3 nitrogen and oxygen atoms in total. The van der Waals surface area contributed by atoms with Crippen LogP contribution in [0.2, 0.25) is 0 Å². The van der Waals surface area contributed by atoms with E-state index < -0.39 is 0 Å². The zero-order chi connectivity index (χ0) is 32.9. The number of nitrogens with zero attached hydrogens (tertiary/aromatic N) is 1. The summed E-state index contributed by atoms with van der Waals surface area (Å²) in [6, 6.07) is 0. The Labute approximate surface area is 283 Å². The normalized spacial score (nSPS) is 12.8. The first-order valence-electron chi connectivity index (χ1n) is 20.0. The van der Waals surface area contributed by atoms with E-state index in [4.69, 9.17) is 0 Å². The highest BCUT2D eigenvalue weighted by atomic mass is 16.1. The van der Waals surface area contributed by atoms with Crippen LogP contribution < -0.4 is 5.32 Å². The monoisotopic (exact) mass is 629 g/mol. The number of carbonyl (C=O) groups is 1. The van der Waals surface area contributed by atoms with E-state index in [1.807, 2.05) is 14.1 Å². The van der Waals surface area contributed by atoms with Crippen molar-refractivity contribution in [2.75, 3.05) is 27.2 Å². The highest BCUT2D eigenvalue weighted by Gasteiger charge is 2.11. The number of carbonyl (C=O) groups excluding carboxylic acids is 1. The minimum atomic E-state index is 0.219. The van der Waals surface area contributed by atoms with Crippen LogP contribution in [-0.4, -0.2) is 38.0 Å². The molecule has 1 atom stereocenters. The highest BCUT2D eigenvalue weighted by molar-refractivity contribution is 5.76. The minimum absolute atomic E-state index is 0.219. The Morgan fingerprint density at radius 3 is 1.38 bits per heavy atom. The van der Waals surface area contributed by atoms with Gasteiger partial charge in [0.05, 0.1) is 0 Å². The molecule has 0 bridgehead atoms. The summed E-state index contributed by atoms with van der Waals surface area (Å²) in [7, 11) is 4.07. The summed E-state index contributed by atoms with van der Waals surface area (Å²) in [5.74, 6) is 0.863. The second-order valence-corrected chi connectivity index (χ2v) is 14.0. The number of amides is 1. The quantitative estimate of drug-likeness (QED) is 0.0559. The molecule has 264 valence electrons. The molecule has 45 heavy (non-hydrogen) atoms. The van der Waals surface area contributed by atoms with E-state index in [-0.39, 0.29) is 5.91 Å². The van der Waals surface area contributed by atoms with Gasteiger partial charge < -0.3 is 10.2 Å². The summed E-state index contributed by atoms with van der Waals surface area (Å²) in [5.41, 5.74) is 0. The Balaban J connectivity index is 3.98. The van der Waals surface area contributed by atoms with Crippen LogP contribution in [0.3, 0.4) is 0 Å². The number of hydrogen-bond acceptors (Lipinski definition) is 2. The Bertz CT molecular complexity index is 680. The lowest BCUT2D eigenvalue weighted by Gasteiger charge is -2.18. The molecule has 0 radical (unpaired) electrons. The van der Waals surface area contributed by atoms with Crippen molar-refractivity contribution < 1.29 is 4.79 Å². The molecule has 1 N–H and O–H groups in total. The van der Waals surface area contributed by atoms with E-state index in [0.717, 1.165) is 19.5 Å². The van der Waals surface area contributed by atoms with E-state index in [2.05, 4.69) is 60.5 Å². The Morgan fingerprint density at radius 2 is 0.911 bits per heavy atom. The summed E-state index contributed by atoms with van der Waals surface area (Å²) >= 11 is 0. The molecule has 3 heteroatoms. The van der Waals surface area contributed by atoms with Crippen molar-refractivity contribution >= 4 is 5.91 Å². The average molecular weight is 629 g/mol. The van der Waals surface area contributed by atoms with Gasteiger partial charge in [-0.25, -0.2) is 0 Å². The molecule has 1 unspecified atom stereocenters. The van der Waals surface area contributed by atoms with Crippen LogP contribution in [-0.2, 0) is 4.79 Å². The SMILES string of the molecule is CCCCC/C=C\C/C=C\CCCCCCCCC(CCCCCCCC/C=C\CCCCCCC)CNC(=O)CCN(C)C. The van der Waals surface area contributed by atoms with E-state index in [1.54, 1.807) is 0 Å². The first-order valence-corrected chi connectivity index (χ1v) is 20.0. The van der Waals surface area contributed by atoms with Gasteiger partial charge in [0.2, 0.25) is 5.91 Å². The third kappa shape index (κ3) is 37.0. The van der Waals surface area contributed by atoms with Crippen molar-refractivity contribution in [3.63, 3.8) is 0 Å². The first kappa shape index (κ1) is 43.6. The van der Waals surface area contributed by atoms with Crippen LogP contribution >= 0.6 is 0 Å². The second kappa shape index (κ2) is 37.1. The maximum absolute atomic E-state index is 12.3. The lowest BCUT2D eigenvalue weighted by Crippen LogP contribution is -2.31. The summed E-state index contributed by atoms with van der Waals surface area (Å²) in [5, 5.41) is 3.26. The van der Waals surface area contributed by atoms with Crippen molar-refractivity contribution in [2.45, 2.75) is 194 Å². The molecule has 0 saturated heterocycles. The van der Waals surface area contributed by atoms with Crippen molar-refractivity contribution in [2.24, 2.45) is 5.92 Å². The molecule has 0 aromatic carbocycles. The van der Waals surface area contributed by atoms with Crippen molar-refractivity contribution in [1.82, 2.24) is 10.2 Å². The second-order valence-electron chi connectivity index (χ2n) is 14.0. The molecule has 0 heterocycles. The summed E-state index contributed by atoms with van der Waals surface area (Å²) in [6.07, 6.45) is 50.6. The Kier molecular flexibility index (Phi) is 36.0. The number of rotatable bonds is 35. The zero-order valence-electron chi connectivity index (χ0n) is 31.1. The number of nitrogens with one attached hydrogen (secondary N) is 1. The fraction of sp³-hybridized carbons (Fsp3) is 0.833. The maximum Gasteiger partial charge on any atom is 0.221 e. The fourth-order valence-electron chi connectivity index (χ4n) is 5.95. The Morgan fingerprint density at radius 1 is 0.533 bits per heavy atom. The van der Waals surface area contributed by atoms with Gasteiger partial charge in [0.15, 0.2) is 0 Å². The van der Waals surface area contributed by atoms with E-state index in [9.17, 15) is 4.79 Å². The lowest BCUT2D eigenvalue weighted by molar-refractivity contribution is -0.121. The number of unbranched alkanes of at least 4 members (excludes halogenated alkanes) is 20. The molecule has 1 amide bonds. The van der Waals surface area contributed by atoms with Gasteiger partial charge in [0.1, 0.15) is 0 Å². The van der Waals surface area contributed by atoms with Gasteiger partial charge in [0.25, 0.3) is 0 Å². The van der Waals surface area contributed by atoms with Crippen molar-refractivity contribution in [3.8, 4) is 0 Å². The number of allylic oxidation sites excluding steroid dienone is 6. The molecule has 0 fully saturated rings. The molecule has 0 aromatic heterocycles. The average Bonchev–Trinajstić information content (AvgIpc) is 3.03. The molecule has 0 aliphatic heterocycles. The van der Waals surface area contributed by atoms with Crippen LogP contribution in [0.5, 0.6) is 0 Å². The van der Waals surface area contributed by atoms with Crippen LogP contribution in [0.4, 0.5) is 0 Å². The minimum Gasteiger partial charge on any atom is -0.356 e. The van der Waals surface area contributed by atoms with E-state index in [0.29, 0.717) is 12.3 Å². The van der Waals surface area contributed by atoms with Gasteiger partial charge in [-0.05, 0) is 90.6 Å². The fourth-order valence-corrected chi connectivity index (χ4v) is 5.95. The van der Waals surface area contributed by atoms with Crippen LogP contribution in [0.25, 0.3) is 0 Å². The molecule has 0 aliphatic rings. The lowest BCUT2D eigenvalue weighted by atomic mass is 9.94. The predicted octanol–water partition coefficient (Wildman–Crippen LogP) is 12.9. The van der Waals surface area contributed by atoms with Crippen LogP contribution in [0.15, 0.2) is 36.5 Å².